The number of carboxylic acids is 1. The van der Waals surface area contributed by atoms with Gasteiger partial charge in [0.05, 0.1) is 0 Å². The Bertz CT molecular complexity index is 1720. The van der Waals surface area contributed by atoms with Crippen LogP contribution in [0.5, 0.6) is 5.88 Å². The van der Waals surface area contributed by atoms with E-state index in [1.54, 1.807) is 24.3 Å². The summed E-state index contributed by atoms with van der Waals surface area (Å²) in [6.07, 6.45) is -5.16. The van der Waals surface area contributed by atoms with E-state index >= 15 is 0 Å². The topological polar surface area (TPSA) is 144 Å². The number of nitrogens with one attached hydrogen (secondary N) is 1. The molecule has 6 rings (SSSR count). The van der Waals surface area contributed by atoms with Crippen LogP contribution in [-0.4, -0.2) is 52.9 Å². The van der Waals surface area contributed by atoms with Crippen LogP contribution in [0.15, 0.2) is 69.9 Å². The van der Waals surface area contributed by atoms with Crippen molar-refractivity contribution in [2.24, 2.45) is 5.41 Å². The molecule has 0 radical (unpaired) electrons. The fraction of sp³-hybridized carbons (Fsp3) is 0.333. The van der Waals surface area contributed by atoms with Gasteiger partial charge in [-0.2, -0.15) is 23.1 Å². The Labute approximate surface area is 243 Å². The highest BCUT2D eigenvalue weighted by atomic mass is 19.4. The lowest BCUT2D eigenvalue weighted by atomic mass is 9.76. The largest absolute Gasteiger partial charge is 0.480 e. The Morgan fingerprint density at radius 3 is 2.44 bits per heavy atom. The molecule has 2 saturated heterocycles. The summed E-state index contributed by atoms with van der Waals surface area (Å²) in [6.45, 7) is 1.67. The maximum Gasteiger partial charge on any atom is 0.429 e. The molecule has 1 spiro atoms. The maximum atomic E-state index is 14.2. The minimum atomic E-state index is -4.76. The molecule has 2 aromatic carbocycles. The fourth-order valence-electron chi connectivity index (χ4n) is 5.87. The van der Waals surface area contributed by atoms with Gasteiger partial charge < -0.3 is 30.2 Å². The number of hydrogen-bond acceptors (Lipinski definition) is 9. The van der Waals surface area contributed by atoms with Gasteiger partial charge in [-0.05, 0) is 47.9 Å². The number of halogens is 3. The van der Waals surface area contributed by atoms with E-state index in [9.17, 15) is 27.9 Å². The number of aliphatic carboxylic acids is 1. The highest BCUT2D eigenvalue weighted by Crippen LogP contribution is 2.41. The van der Waals surface area contributed by atoms with Crippen LogP contribution in [0.4, 0.5) is 24.9 Å². The number of nitrogens with two attached hydrogens (primary N) is 1. The second-order valence-corrected chi connectivity index (χ2v) is 11.1. The van der Waals surface area contributed by atoms with Crippen molar-refractivity contribution in [3.05, 3.63) is 76.6 Å². The number of carboxylic acid groups (broad SMARTS) is 1. The van der Waals surface area contributed by atoms with Crippen molar-refractivity contribution in [1.82, 2.24) is 15.3 Å². The van der Waals surface area contributed by atoms with E-state index < -0.39 is 29.9 Å². The van der Waals surface area contributed by atoms with Crippen molar-refractivity contribution in [2.75, 3.05) is 30.3 Å². The minimum Gasteiger partial charge on any atom is -0.480 e. The number of alkyl halides is 3. The average Bonchev–Trinajstić information content (AvgIpc) is 3.39. The number of benzene rings is 2. The summed E-state index contributed by atoms with van der Waals surface area (Å²) >= 11 is 0. The Balaban J connectivity index is 1.20. The number of anilines is 2. The van der Waals surface area contributed by atoms with Gasteiger partial charge in [-0.25, -0.2) is 4.79 Å². The van der Waals surface area contributed by atoms with Crippen LogP contribution in [0, 0.1) is 5.41 Å². The van der Waals surface area contributed by atoms with E-state index in [4.69, 9.17) is 14.9 Å². The Kier molecular flexibility index (Phi) is 7.20. The smallest absolute Gasteiger partial charge is 0.429 e. The fourth-order valence-corrected chi connectivity index (χ4v) is 5.87. The first-order valence-corrected chi connectivity index (χ1v) is 13.7. The zero-order chi connectivity index (χ0) is 30.4. The zero-order valence-corrected chi connectivity index (χ0v) is 22.8. The molecule has 13 heteroatoms. The van der Waals surface area contributed by atoms with Crippen molar-refractivity contribution in [1.29, 1.82) is 0 Å². The number of piperidine rings is 1. The van der Waals surface area contributed by atoms with Crippen molar-refractivity contribution >= 4 is 28.7 Å². The number of carbonyl (C=O) groups is 1. The van der Waals surface area contributed by atoms with Crippen molar-refractivity contribution in [3.8, 4) is 17.0 Å². The lowest BCUT2D eigenvalue weighted by Gasteiger charge is -2.39. The molecule has 0 aliphatic carbocycles. The number of rotatable bonds is 6. The lowest BCUT2D eigenvalue weighted by molar-refractivity contribution is -0.198. The van der Waals surface area contributed by atoms with Crippen LogP contribution in [0.1, 0.15) is 30.9 Å². The summed E-state index contributed by atoms with van der Waals surface area (Å²) in [6, 6.07) is 14.7. The predicted molar refractivity (Wildman–Crippen MR) is 152 cm³/mol. The van der Waals surface area contributed by atoms with Gasteiger partial charge in [0, 0.05) is 42.7 Å². The SMILES string of the molecule is Nc1nc(O[C@H](c2ccc(-c3ccc4ccc(=O)oc4c3)cc2)C(F)(F)F)cc(N2CCC3(CC2)CNC(C(=O)O)C3)n1. The number of nitrogen functional groups attached to an aromatic ring is 1. The molecule has 1 unspecified atom stereocenters. The van der Waals surface area contributed by atoms with Crippen LogP contribution >= 0.6 is 0 Å². The molecule has 0 bridgehead atoms. The van der Waals surface area contributed by atoms with Crippen molar-refractivity contribution in [3.63, 3.8) is 0 Å². The molecule has 10 nitrogen and oxygen atoms in total. The molecule has 4 aromatic rings. The lowest BCUT2D eigenvalue weighted by Crippen LogP contribution is -2.41. The molecular formula is C30H28F3N5O5. The third kappa shape index (κ3) is 5.98. The van der Waals surface area contributed by atoms with Gasteiger partial charge in [-0.3, -0.25) is 4.79 Å². The van der Waals surface area contributed by atoms with Gasteiger partial charge in [0.25, 0.3) is 0 Å². The number of fused-ring (bicyclic) bond motifs is 1. The summed E-state index contributed by atoms with van der Waals surface area (Å²) in [5, 5.41) is 13.1. The summed E-state index contributed by atoms with van der Waals surface area (Å²) in [4.78, 5) is 33.0. The van der Waals surface area contributed by atoms with Crippen LogP contribution < -0.4 is 26.3 Å². The molecule has 2 aliphatic heterocycles. The monoisotopic (exact) mass is 595 g/mol. The minimum absolute atomic E-state index is 0.135. The first kappa shape index (κ1) is 28.5. The number of hydrogen-bond donors (Lipinski definition) is 3. The van der Waals surface area contributed by atoms with Gasteiger partial charge in [0.15, 0.2) is 0 Å². The van der Waals surface area contributed by atoms with Crippen LogP contribution in [0.3, 0.4) is 0 Å². The molecule has 4 heterocycles. The summed E-state index contributed by atoms with van der Waals surface area (Å²) in [5.41, 5.74) is 6.76. The number of nitrogens with zero attached hydrogens (tertiary/aromatic N) is 3. The van der Waals surface area contributed by atoms with Gasteiger partial charge in [0.2, 0.25) is 17.9 Å². The Morgan fingerprint density at radius 1 is 1.07 bits per heavy atom. The molecule has 2 aliphatic rings. The first-order chi connectivity index (χ1) is 20.5. The molecule has 0 amide bonds. The Hall–Kier alpha value is -4.65. The van der Waals surface area contributed by atoms with E-state index in [2.05, 4.69) is 15.3 Å². The van der Waals surface area contributed by atoms with Gasteiger partial charge >= 0.3 is 17.8 Å². The van der Waals surface area contributed by atoms with E-state index in [1.165, 1.54) is 36.4 Å². The zero-order valence-electron chi connectivity index (χ0n) is 22.8. The summed E-state index contributed by atoms with van der Waals surface area (Å²) in [5.74, 6) is -1.06. The third-order valence-corrected chi connectivity index (χ3v) is 8.22. The highest BCUT2D eigenvalue weighted by Gasteiger charge is 2.45. The molecule has 224 valence electrons. The van der Waals surface area contributed by atoms with Crippen molar-refractivity contribution < 1.29 is 32.2 Å². The molecular weight excluding hydrogens is 567 g/mol. The molecule has 2 atom stereocenters. The van der Waals surface area contributed by atoms with Gasteiger partial charge in [-0.1, -0.05) is 36.4 Å². The average molecular weight is 596 g/mol. The molecule has 0 saturated carbocycles. The molecule has 4 N–H and O–H groups in total. The van der Waals surface area contributed by atoms with E-state index in [-0.39, 0.29) is 22.8 Å². The summed E-state index contributed by atoms with van der Waals surface area (Å²) < 4.78 is 53.4. The van der Waals surface area contributed by atoms with Crippen molar-refractivity contribution in [2.45, 2.75) is 37.6 Å². The highest BCUT2D eigenvalue weighted by molar-refractivity contribution is 5.82. The first-order valence-electron chi connectivity index (χ1n) is 13.7. The third-order valence-electron chi connectivity index (χ3n) is 8.22. The standard InChI is InChI=1S/C30H28F3N5O5/c31-30(32,33)26(19-4-1-17(2-5-19)20-6-3-18-7-8-25(39)42-22(18)13-20)43-24-14-23(36-28(34)37-24)38-11-9-29(10-12-38)15-21(27(40)41)35-16-29/h1-8,13-14,21,26,35H,9-12,15-16H2,(H,40,41)(H2,34,36,37)/t21?,26-/m1/s1. The molecule has 2 fully saturated rings. The quantitative estimate of drug-likeness (QED) is 0.272. The number of ether oxygens (including phenoxy) is 1. The van der Waals surface area contributed by atoms with Gasteiger partial charge in [-0.15, -0.1) is 0 Å². The second-order valence-electron chi connectivity index (χ2n) is 11.1. The predicted octanol–water partition coefficient (Wildman–Crippen LogP) is 4.55. The summed E-state index contributed by atoms with van der Waals surface area (Å²) in [7, 11) is 0. The Morgan fingerprint density at radius 2 is 1.77 bits per heavy atom. The normalized spacial score (nSPS) is 19.0. The van der Waals surface area contributed by atoms with Crippen LogP contribution in [0.25, 0.3) is 22.1 Å². The maximum absolute atomic E-state index is 14.2. The van der Waals surface area contributed by atoms with E-state index in [0.717, 1.165) is 5.39 Å². The second kappa shape index (κ2) is 10.9. The van der Waals surface area contributed by atoms with E-state index in [0.29, 0.717) is 61.4 Å². The molecule has 43 heavy (non-hydrogen) atoms. The van der Waals surface area contributed by atoms with Crippen LogP contribution in [0.2, 0.25) is 0 Å². The van der Waals surface area contributed by atoms with Gasteiger partial charge in [0.1, 0.15) is 17.4 Å². The number of aromatic nitrogens is 2. The molecule has 2 aromatic heterocycles. The van der Waals surface area contributed by atoms with Crippen LogP contribution in [-0.2, 0) is 4.79 Å². The van der Waals surface area contributed by atoms with E-state index in [1.807, 2.05) is 4.90 Å².